The lowest BCUT2D eigenvalue weighted by atomic mass is 9.64. The Morgan fingerprint density at radius 3 is 2.10 bits per heavy atom. The summed E-state index contributed by atoms with van der Waals surface area (Å²) in [7, 11) is 1.55. The number of carbonyl (C=O) groups is 3. The van der Waals surface area contributed by atoms with E-state index in [2.05, 4.69) is 0 Å². The number of ether oxygens (including phenoxy) is 1. The first-order chi connectivity index (χ1) is 19.5. The maximum Gasteiger partial charge on any atom is 0.185 e. The molecule has 1 saturated heterocycles. The predicted octanol–water partition coefficient (Wildman–Crippen LogP) is 6.15. The van der Waals surface area contributed by atoms with Crippen LogP contribution in [0.25, 0.3) is 6.08 Å². The van der Waals surface area contributed by atoms with E-state index in [-0.39, 0.29) is 17.3 Å². The number of hydrogen-bond acceptors (Lipinski definition) is 5. The van der Waals surface area contributed by atoms with Crippen molar-refractivity contribution in [3.63, 3.8) is 0 Å². The molecule has 0 unspecified atom stereocenters. The third kappa shape index (κ3) is 3.16. The van der Waals surface area contributed by atoms with Gasteiger partial charge in [0.15, 0.2) is 17.3 Å². The smallest absolute Gasteiger partial charge is 0.185 e. The summed E-state index contributed by atoms with van der Waals surface area (Å²) in [6.45, 7) is 0. The molecule has 0 aromatic heterocycles. The van der Waals surface area contributed by atoms with Gasteiger partial charge in [-0.25, -0.2) is 4.39 Å². The molecule has 2 heterocycles. The van der Waals surface area contributed by atoms with Crippen molar-refractivity contribution in [3.8, 4) is 5.75 Å². The second kappa shape index (κ2) is 8.85. The molecule has 196 valence electrons. The summed E-state index contributed by atoms with van der Waals surface area (Å²) in [6.07, 6.45) is 3.80. The molecular formula is C34H24FNO4. The molecule has 7 rings (SSSR count). The molecular weight excluding hydrogens is 505 g/mol. The number of rotatable bonds is 4. The average molecular weight is 530 g/mol. The average Bonchev–Trinajstić information content (AvgIpc) is 3.43. The van der Waals surface area contributed by atoms with E-state index in [1.54, 1.807) is 67.8 Å². The first kappa shape index (κ1) is 24.2. The van der Waals surface area contributed by atoms with E-state index < -0.39 is 29.2 Å². The highest BCUT2D eigenvalue weighted by Crippen LogP contribution is 2.60. The number of fused-ring (bicyclic) bond motifs is 5. The van der Waals surface area contributed by atoms with E-state index in [1.165, 1.54) is 12.1 Å². The quantitative estimate of drug-likeness (QED) is 0.234. The van der Waals surface area contributed by atoms with Gasteiger partial charge >= 0.3 is 0 Å². The Labute approximate surface area is 230 Å². The van der Waals surface area contributed by atoms with Crippen LogP contribution in [0.3, 0.4) is 0 Å². The molecule has 2 aliphatic heterocycles. The van der Waals surface area contributed by atoms with Crippen molar-refractivity contribution < 1.29 is 23.5 Å². The molecule has 0 bridgehead atoms. The summed E-state index contributed by atoms with van der Waals surface area (Å²) in [5.41, 5.74) is 1.73. The lowest BCUT2D eigenvalue weighted by Gasteiger charge is -2.37. The zero-order valence-corrected chi connectivity index (χ0v) is 21.6. The number of para-hydroxylation sites is 1. The van der Waals surface area contributed by atoms with Gasteiger partial charge in [-0.15, -0.1) is 0 Å². The number of carbonyl (C=O) groups excluding carboxylic acids is 3. The maximum absolute atomic E-state index is 14.6. The number of Topliss-reactive ketones (excluding diaryl/α,β-unsaturated/α-hetero) is 3. The third-order valence-electron chi connectivity index (χ3n) is 8.59. The topological polar surface area (TPSA) is 63.7 Å². The van der Waals surface area contributed by atoms with Gasteiger partial charge in [-0.2, -0.15) is 0 Å². The predicted molar refractivity (Wildman–Crippen MR) is 150 cm³/mol. The van der Waals surface area contributed by atoms with Crippen molar-refractivity contribution in [2.24, 2.45) is 5.41 Å². The van der Waals surface area contributed by atoms with Gasteiger partial charge in [-0.05, 0) is 53.6 Å². The van der Waals surface area contributed by atoms with Gasteiger partial charge in [0, 0.05) is 28.3 Å². The van der Waals surface area contributed by atoms with E-state index in [4.69, 9.17) is 4.74 Å². The Morgan fingerprint density at radius 1 is 0.825 bits per heavy atom. The minimum atomic E-state index is -1.61. The monoisotopic (exact) mass is 529 g/mol. The van der Waals surface area contributed by atoms with Crippen LogP contribution in [-0.2, 0) is 0 Å². The van der Waals surface area contributed by atoms with Crippen LogP contribution < -0.4 is 9.64 Å². The Hall–Kier alpha value is -4.84. The van der Waals surface area contributed by atoms with E-state index in [9.17, 15) is 18.8 Å². The van der Waals surface area contributed by atoms with Crippen molar-refractivity contribution in [3.05, 3.63) is 137 Å². The fraction of sp³-hybridized carbons (Fsp3) is 0.147. The van der Waals surface area contributed by atoms with Crippen molar-refractivity contribution in [2.75, 3.05) is 12.0 Å². The summed E-state index contributed by atoms with van der Waals surface area (Å²) < 4.78 is 19.5. The largest absolute Gasteiger partial charge is 0.497 e. The molecule has 5 nitrogen and oxygen atoms in total. The lowest BCUT2D eigenvalue weighted by molar-refractivity contribution is 0.0666. The first-order valence-electron chi connectivity index (χ1n) is 13.1. The van der Waals surface area contributed by atoms with Gasteiger partial charge in [0.1, 0.15) is 23.0 Å². The van der Waals surface area contributed by atoms with Gasteiger partial charge < -0.3 is 9.64 Å². The maximum atomic E-state index is 14.6. The fourth-order valence-electron chi connectivity index (χ4n) is 6.89. The zero-order valence-electron chi connectivity index (χ0n) is 21.6. The normalized spacial score (nSPS) is 21.8. The molecule has 4 aromatic carbocycles. The highest BCUT2D eigenvalue weighted by atomic mass is 19.1. The molecule has 0 amide bonds. The Kier molecular flexibility index (Phi) is 5.36. The number of hydrogen-bond donors (Lipinski definition) is 0. The second-order valence-electron chi connectivity index (χ2n) is 10.4. The summed E-state index contributed by atoms with van der Waals surface area (Å²) in [4.78, 5) is 45.6. The summed E-state index contributed by atoms with van der Waals surface area (Å²) in [5, 5.41) is 0. The highest BCUT2D eigenvalue weighted by molar-refractivity contribution is 6.32. The molecule has 3 aliphatic rings. The number of nitrogens with zero attached hydrogens (tertiary/aromatic N) is 1. The zero-order chi connectivity index (χ0) is 27.6. The molecule has 3 atom stereocenters. The number of ketones is 3. The molecule has 4 aromatic rings. The number of anilines is 1. The van der Waals surface area contributed by atoms with Crippen LogP contribution in [0.5, 0.6) is 5.75 Å². The summed E-state index contributed by atoms with van der Waals surface area (Å²) in [6, 6.07) is 25.5. The molecule has 1 fully saturated rings. The van der Waals surface area contributed by atoms with E-state index in [1.807, 2.05) is 41.3 Å². The molecule has 0 saturated carbocycles. The second-order valence-corrected chi connectivity index (χ2v) is 10.4. The third-order valence-corrected chi connectivity index (χ3v) is 8.59. The van der Waals surface area contributed by atoms with E-state index in [0.29, 0.717) is 28.0 Å². The number of benzene rings is 4. The molecule has 1 aliphatic carbocycles. The van der Waals surface area contributed by atoms with Crippen LogP contribution in [0.1, 0.15) is 48.1 Å². The SMILES string of the molecule is COc1ccc(C(=O)[C@@H]2[C@H](c3ccc(F)cc3)C3(C(=O)c4ccccc4C3=O)[C@@H]3C=Cc4ccccc4N23)cc1. The van der Waals surface area contributed by atoms with Crippen LogP contribution in [-0.4, -0.2) is 36.5 Å². The van der Waals surface area contributed by atoms with E-state index in [0.717, 1.165) is 11.3 Å². The molecule has 40 heavy (non-hydrogen) atoms. The van der Waals surface area contributed by atoms with Crippen LogP contribution in [0, 0.1) is 11.2 Å². The summed E-state index contributed by atoms with van der Waals surface area (Å²) in [5.74, 6) is -1.58. The highest BCUT2D eigenvalue weighted by Gasteiger charge is 2.71. The molecule has 6 heteroatoms. The molecule has 0 radical (unpaired) electrons. The van der Waals surface area contributed by atoms with Gasteiger partial charge in [0.25, 0.3) is 0 Å². The van der Waals surface area contributed by atoms with Crippen LogP contribution in [0.2, 0.25) is 0 Å². The molecule has 0 N–H and O–H groups in total. The standard InChI is InChI=1S/C34H24FNO4/c1-40-24-17-12-22(13-18-24)31(37)30-29(21-10-15-23(35)16-11-21)34(32(38)25-7-3-4-8-26(25)33(34)39)28-19-14-20-6-2-5-9-27(20)36(28)30/h2-19,28-30H,1H3/t28-,29-,30-/m0/s1. The first-order valence-corrected chi connectivity index (χ1v) is 13.1. The van der Waals surface area contributed by atoms with Gasteiger partial charge in [0.2, 0.25) is 0 Å². The van der Waals surface area contributed by atoms with Crippen LogP contribution in [0.15, 0.2) is 103 Å². The van der Waals surface area contributed by atoms with Crippen molar-refractivity contribution in [1.82, 2.24) is 0 Å². The Morgan fingerprint density at radius 2 is 1.45 bits per heavy atom. The van der Waals surface area contributed by atoms with Crippen molar-refractivity contribution in [1.29, 1.82) is 0 Å². The Bertz CT molecular complexity index is 1690. The van der Waals surface area contributed by atoms with Crippen LogP contribution >= 0.6 is 0 Å². The number of halogens is 1. The minimum Gasteiger partial charge on any atom is -0.497 e. The van der Waals surface area contributed by atoms with E-state index >= 15 is 0 Å². The lowest BCUT2D eigenvalue weighted by Crippen LogP contribution is -2.48. The van der Waals surface area contributed by atoms with Gasteiger partial charge in [0.05, 0.1) is 13.2 Å². The molecule has 1 spiro atoms. The Balaban J connectivity index is 1.52. The van der Waals surface area contributed by atoms with Gasteiger partial charge in [-0.1, -0.05) is 66.7 Å². The number of methoxy groups -OCH3 is 1. The van der Waals surface area contributed by atoms with Crippen molar-refractivity contribution >= 4 is 29.1 Å². The van der Waals surface area contributed by atoms with Crippen LogP contribution in [0.4, 0.5) is 10.1 Å². The van der Waals surface area contributed by atoms with Crippen molar-refractivity contribution in [2.45, 2.75) is 18.0 Å². The van der Waals surface area contributed by atoms with Gasteiger partial charge in [-0.3, -0.25) is 14.4 Å². The fourth-order valence-corrected chi connectivity index (χ4v) is 6.89. The minimum absolute atomic E-state index is 0.236. The summed E-state index contributed by atoms with van der Waals surface area (Å²) >= 11 is 0.